The molecule has 2 aromatic heterocycles. The SMILES string of the molecule is CN(C)c1ccc(-c2ccc(Cn3cnn(C/C(=C/F)CN)c3=O)s2)cc1.Cl. The maximum Gasteiger partial charge on any atom is 0.346 e. The average Bonchev–Trinajstić information content (AvgIpc) is 3.28. The molecule has 0 fully saturated rings. The summed E-state index contributed by atoms with van der Waals surface area (Å²) in [5.74, 6) is 0. The molecule has 0 aliphatic rings. The molecular formula is C19H23ClFN5OS. The first-order chi connectivity index (χ1) is 13.0. The zero-order valence-corrected chi connectivity index (χ0v) is 17.3. The first-order valence-electron chi connectivity index (χ1n) is 8.48. The van der Waals surface area contributed by atoms with Crippen LogP contribution in [0.3, 0.4) is 0 Å². The van der Waals surface area contributed by atoms with Crippen LogP contribution in [0.25, 0.3) is 10.4 Å². The standard InChI is InChI=1S/C19H22FN5OS.ClH/c1-23(2)16-5-3-15(4-6-16)18-8-7-17(27-18)12-24-13-22-25(19(24)26)11-14(9-20)10-21;/h3-9,13H,10-12,21H2,1-2H3;1H/b14-9+;. The number of halogens is 2. The van der Waals surface area contributed by atoms with E-state index in [0.717, 1.165) is 21.0 Å². The number of benzene rings is 1. The highest BCUT2D eigenvalue weighted by atomic mass is 35.5. The molecular weight excluding hydrogens is 401 g/mol. The lowest BCUT2D eigenvalue weighted by Gasteiger charge is -2.12. The summed E-state index contributed by atoms with van der Waals surface area (Å²) in [6.45, 7) is 0.542. The van der Waals surface area contributed by atoms with E-state index in [-0.39, 0.29) is 31.2 Å². The second-order valence-corrected chi connectivity index (χ2v) is 7.55. The van der Waals surface area contributed by atoms with Crippen molar-refractivity contribution >= 4 is 29.4 Å². The zero-order chi connectivity index (χ0) is 19.4. The van der Waals surface area contributed by atoms with Crippen molar-refractivity contribution in [1.29, 1.82) is 0 Å². The van der Waals surface area contributed by atoms with Crippen LogP contribution in [0.4, 0.5) is 10.1 Å². The number of hydrogen-bond acceptors (Lipinski definition) is 5. The van der Waals surface area contributed by atoms with Crippen molar-refractivity contribution in [1.82, 2.24) is 14.3 Å². The van der Waals surface area contributed by atoms with E-state index in [0.29, 0.717) is 18.4 Å². The van der Waals surface area contributed by atoms with Gasteiger partial charge in [-0.2, -0.15) is 5.10 Å². The lowest BCUT2D eigenvalue weighted by Crippen LogP contribution is -2.26. The maximum atomic E-state index is 12.7. The third-order valence-electron chi connectivity index (χ3n) is 4.22. The second kappa shape index (κ2) is 9.68. The molecule has 9 heteroatoms. The molecule has 0 radical (unpaired) electrons. The number of anilines is 1. The molecule has 0 saturated heterocycles. The van der Waals surface area contributed by atoms with Gasteiger partial charge in [-0.15, -0.1) is 23.7 Å². The summed E-state index contributed by atoms with van der Waals surface area (Å²) in [5, 5.41) is 4.04. The maximum absolute atomic E-state index is 12.7. The fourth-order valence-electron chi connectivity index (χ4n) is 2.63. The Balaban J connectivity index is 0.00000280. The van der Waals surface area contributed by atoms with Gasteiger partial charge in [0, 0.05) is 36.1 Å². The Morgan fingerprint density at radius 2 is 1.96 bits per heavy atom. The van der Waals surface area contributed by atoms with E-state index in [1.807, 2.05) is 20.2 Å². The Morgan fingerprint density at radius 3 is 2.57 bits per heavy atom. The number of nitrogens with two attached hydrogens (primary N) is 1. The van der Waals surface area contributed by atoms with E-state index in [9.17, 15) is 9.18 Å². The van der Waals surface area contributed by atoms with Crippen LogP contribution < -0.4 is 16.3 Å². The number of aromatic nitrogens is 3. The summed E-state index contributed by atoms with van der Waals surface area (Å²) in [6, 6.07) is 12.4. The van der Waals surface area contributed by atoms with Crippen molar-refractivity contribution < 1.29 is 4.39 Å². The van der Waals surface area contributed by atoms with Crippen molar-refractivity contribution in [2.24, 2.45) is 5.73 Å². The molecule has 3 rings (SSSR count). The third-order valence-corrected chi connectivity index (χ3v) is 5.34. The zero-order valence-electron chi connectivity index (χ0n) is 15.7. The quantitative estimate of drug-likeness (QED) is 0.634. The predicted octanol–water partition coefficient (Wildman–Crippen LogP) is 3.12. The fourth-order valence-corrected chi connectivity index (χ4v) is 3.65. The molecule has 2 heterocycles. The van der Waals surface area contributed by atoms with Crippen LogP contribution >= 0.6 is 23.7 Å². The van der Waals surface area contributed by atoms with Gasteiger partial charge >= 0.3 is 5.69 Å². The summed E-state index contributed by atoms with van der Waals surface area (Å²) in [5.41, 5.74) is 7.76. The van der Waals surface area contributed by atoms with Crippen molar-refractivity contribution in [3.05, 3.63) is 70.0 Å². The lowest BCUT2D eigenvalue weighted by molar-refractivity contribution is 0.604. The van der Waals surface area contributed by atoms with Crippen molar-refractivity contribution in [2.75, 3.05) is 25.5 Å². The van der Waals surface area contributed by atoms with Crippen LogP contribution in [0.1, 0.15) is 4.88 Å². The van der Waals surface area contributed by atoms with Gasteiger partial charge in [-0.3, -0.25) is 4.57 Å². The summed E-state index contributed by atoms with van der Waals surface area (Å²) >= 11 is 1.63. The van der Waals surface area contributed by atoms with Crippen molar-refractivity contribution in [3.8, 4) is 10.4 Å². The van der Waals surface area contributed by atoms with Crippen LogP contribution in [0, 0.1) is 0 Å². The molecule has 0 atom stereocenters. The van der Waals surface area contributed by atoms with Crippen LogP contribution in [0.5, 0.6) is 0 Å². The van der Waals surface area contributed by atoms with Crippen LogP contribution in [-0.2, 0) is 13.1 Å². The molecule has 0 saturated carbocycles. The summed E-state index contributed by atoms with van der Waals surface area (Å²) < 4.78 is 15.4. The summed E-state index contributed by atoms with van der Waals surface area (Å²) in [7, 11) is 4.02. The van der Waals surface area contributed by atoms with Crippen molar-refractivity contribution in [2.45, 2.75) is 13.1 Å². The molecule has 1 aromatic carbocycles. The molecule has 150 valence electrons. The average molecular weight is 424 g/mol. The highest BCUT2D eigenvalue weighted by Gasteiger charge is 2.09. The fraction of sp³-hybridized carbons (Fsp3) is 0.263. The molecule has 2 N–H and O–H groups in total. The summed E-state index contributed by atoms with van der Waals surface area (Å²) in [4.78, 5) is 16.6. The Hall–Kier alpha value is -2.42. The predicted molar refractivity (Wildman–Crippen MR) is 115 cm³/mol. The third kappa shape index (κ3) is 4.89. The number of rotatable bonds is 7. The molecule has 0 unspecified atom stereocenters. The van der Waals surface area contributed by atoms with E-state index in [2.05, 4.69) is 40.3 Å². The highest BCUT2D eigenvalue weighted by molar-refractivity contribution is 7.15. The van der Waals surface area contributed by atoms with Gasteiger partial charge in [0.25, 0.3) is 0 Å². The van der Waals surface area contributed by atoms with Gasteiger partial charge in [0.15, 0.2) is 0 Å². The molecule has 0 bridgehead atoms. The van der Waals surface area contributed by atoms with E-state index in [1.54, 1.807) is 11.3 Å². The number of thiophene rings is 1. The minimum absolute atomic E-state index is 0. The largest absolute Gasteiger partial charge is 0.378 e. The van der Waals surface area contributed by atoms with Crippen LogP contribution in [0.15, 0.2) is 59.4 Å². The first kappa shape index (κ1) is 21.9. The number of hydrogen-bond donors (Lipinski definition) is 1. The Kier molecular flexibility index (Phi) is 7.56. The second-order valence-electron chi connectivity index (χ2n) is 6.38. The van der Waals surface area contributed by atoms with E-state index >= 15 is 0 Å². The van der Waals surface area contributed by atoms with Gasteiger partial charge in [-0.25, -0.2) is 13.9 Å². The van der Waals surface area contributed by atoms with Gasteiger partial charge in [0.05, 0.1) is 19.4 Å². The normalized spacial score (nSPS) is 11.4. The Bertz CT molecular complexity index is 990. The topological polar surface area (TPSA) is 69.1 Å². The monoisotopic (exact) mass is 423 g/mol. The van der Waals surface area contributed by atoms with Gasteiger partial charge in [0.1, 0.15) is 6.33 Å². The van der Waals surface area contributed by atoms with E-state index < -0.39 is 0 Å². The van der Waals surface area contributed by atoms with Gasteiger partial charge in [0.2, 0.25) is 0 Å². The molecule has 3 aromatic rings. The Labute approximate surface area is 173 Å². The molecule has 0 aliphatic carbocycles. The molecule has 28 heavy (non-hydrogen) atoms. The molecule has 0 amide bonds. The van der Waals surface area contributed by atoms with Crippen LogP contribution in [0.2, 0.25) is 0 Å². The number of nitrogens with zero attached hydrogens (tertiary/aromatic N) is 4. The summed E-state index contributed by atoms with van der Waals surface area (Å²) in [6.07, 6.45) is 1.90. The minimum Gasteiger partial charge on any atom is -0.378 e. The minimum atomic E-state index is -0.284. The first-order valence-corrected chi connectivity index (χ1v) is 9.30. The molecule has 6 nitrogen and oxygen atoms in total. The molecule has 0 aliphatic heterocycles. The van der Waals surface area contributed by atoms with E-state index in [1.165, 1.54) is 15.6 Å². The smallest absolute Gasteiger partial charge is 0.346 e. The van der Waals surface area contributed by atoms with Gasteiger partial charge < -0.3 is 10.6 Å². The highest BCUT2D eigenvalue weighted by Crippen LogP contribution is 2.29. The molecule has 0 spiro atoms. The lowest BCUT2D eigenvalue weighted by atomic mass is 10.1. The van der Waals surface area contributed by atoms with Gasteiger partial charge in [-0.05, 0) is 35.4 Å². The van der Waals surface area contributed by atoms with Crippen molar-refractivity contribution in [3.63, 3.8) is 0 Å². The van der Waals surface area contributed by atoms with Crippen LogP contribution in [-0.4, -0.2) is 35.0 Å². The van der Waals surface area contributed by atoms with E-state index in [4.69, 9.17) is 5.73 Å². The Morgan fingerprint density at radius 1 is 1.25 bits per heavy atom. The van der Waals surface area contributed by atoms with Gasteiger partial charge in [-0.1, -0.05) is 12.1 Å².